The molecule has 4 nitrogen and oxygen atoms in total. The van der Waals surface area contributed by atoms with Crippen molar-refractivity contribution in [3.8, 4) is 0 Å². The van der Waals surface area contributed by atoms with Gasteiger partial charge in [0.05, 0.1) is 27.8 Å². The van der Waals surface area contributed by atoms with Crippen LogP contribution in [0.3, 0.4) is 0 Å². The third kappa shape index (κ3) is 4.80. The molecule has 0 aliphatic carbocycles. The van der Waals surface area contributed by atoms with E-state index in [9.17, 15) is 4.57 Å². The van der Waals surface area contributed by atoms with Gasteiger partial charge in [-0.05, 0) is 54.1 Å². The molecule has 0 aliphatic heterocycles. The van der Waals surface area contributed by atoms with Crippen molar-refractivity contribution in [3.63, 3.8) is 0 Å². The zero-order valence-corrected chi connectivity index (χ0v) is 19.5. The van der Waals surface area contributed by atoms with Crippen LogP contribution >= 0.6 is 30.5 Å². The smallest absolute Gasteiger partial charge is 0.205 e. The van der Waals surface area contributed by atoms with E-state index in [0.717, 1.165) is 5.56 Å². The molecule has 7 heteroatoms. The zero-order valence-electron chi connectivity index (χ0n) is 17.1. The summed E-state index contributed by atoms with van der Waals surface area (Å²) in [7, 11) is -3.28. The fraction of sp³-hybridized carbons (Fsp3) is 0.0800. The molecule has 0 aliphatic rings. The highest BCUT2D eigenvalue weighted by molar-refractivity contribution is 7.76. The van der Waals surface area contributed by atoms with Crippen LogP contribution in [0.25, 0.3) is 0 Å². The van der Waals surface area contributed by atoms with Crippen molar-refractivity contribution in [1.82, 2.24) is 10.1 Å². The quantitative estimate of drug-likeness (QED) is 0.334. The summed E-state index contributed by atoms with van der Waals surface area (Å²) in [6, 6.07) is 28.5. The first-order valence-corrected chi connectivity index (χ1v) is 12.6. The summed E-state index contributed by atoms with van der Waals surface area (Å²) in [5.41, 5.74) is 8.14. The number of pyridine rings is 1. The average Bonchev–Trinajstić information content (AvgIpc) is 2.85. The van der Waals surface area contributed by atoms with Crippen LogP contribution in [0.5, 0.6) is 0 Å². The predicted molar refractivity (Wildman–Crippen MR) is 133 cm³/mol. The summed E-state index contributed by atoms with van der Waals surface area (Å²) in [6.45, 7) is 0. The van der Waals surface area contributed by atoms with Gasteiger partial charge in [-0.1, -0.05) is 71.7 Å². The highest BCUT2D eigenvalue weighted by Gasteiger charge is 2.34. The van der Waals surface area contributed by atoms with Crippen LogP contribution in [0.15, 0.2) is 103 Å². The van der Waals surface area contributed by atoms with Crippen LogP contribution in [0.1, 0.15) is 23.3 Å². The minimum Gasteiger partial charge on any atom is -0.321 e. The largest absolute Gasteiger partial charge is 0.321 e. The highest BCUT2D eigenvalue weighted by Crippen LogP contribution is 2.44. The topological polar surface area (TPSA) is 68.0 Å². The summed E-state index contributed by atoms with van der Waals surface area (Å²) in [6.07, 6.45) is 1.69. The van der Waals surface area contributed by atoms with E-state index in [4.69, 9.17) is 28.9 Å². The Morgan fingerprint density at radius 3 is 1.91 bits per heavy atom. The lowest BCUT2D eigenvalue weighted by Gasteiger charge is -2.31. The van der Waals surface area contributed by atoms with E-state index in [2.05, 4.69) is 10.1 Å². The summed E-state index contributed by atoms with van der Waals surface area (Å²) in [4.78, 5) is 4.43. The summed E-state index contributed by atoms with van der Waals surface area (Å²) in [5.74, 6) is 0. The van der Waals surface area contributed by atoms with Crippen LogP contribution in [-0.4, -0.2) is 4.98 Å². The molecule has 1 aromatic heterocycles. The first kappa shape index (κ1) is 22.7. The lowest BCUT2D eigenvalue weighted by atomic mass is 9.98. The van der Waals surface area contributed by atoms with E-state index >= 15 is 0 Å². The van der Waals surface area contributed by atoms with Gasteiger partial charge in [0.1, 0.15) is 0 Å². The maximum Gasteiger partial charge on any atom is 0.205 e. The van der Waals surface area contributed by atoms with Gasteiger partial charge in [-0.25, -0.2) is 0 Å². The van der Waals surface area contributed by atoms with Crippen LogP contribution in [-0.2, 0) is 4.57 Å². The minimum atomic E-state index is -3.28. The number of hydrogen-bond donors (Lipinski definition) is 2. The molecule has 3 aromatic carbocycles. The van der Waals surface area contributed by atoms with E-state index in [0.29, 0.717) is 26.3 Å². The van der Waals surface area contributed by atoms with Crippen molar-refractivity contribution in [2.45, 2.75) is 12.1 Å². The Labute approximate surface area is 197 Å². The predicted octanol–water partition coefficient (Wildman–Crippen LogP) is 5.65. The lowest BCUT2D eigenvalue weighted by Crippen LogP contribution is -2.36. The molecule has 4 aromatic rings. The van der Waals surface area contributed by atoms with Crippen molar-refractivity contribution < 1.29 is 4.57 Å². The second-order valence-electron chi connectivity index (χ2n) is 7.34. The number of nitrogens with one attached hydrogen (secondary N) is 1. The number of benzene rings is 3. The molecular formula is C25H22Cl2N3OP. The maximum atomic E-state index is 14.6. The lowest BCUT2D eigenvalue weighted by molar-refractivity contribution is 0.503. The molecule has 0 amide bonds. The summed E-state index contributed by atoms with van der Waals surface area (Å²) >= 11 is 12.5. The van der Waals surface area contributed by atoms with Gasteiger partial charge >= 0.3 is 0 Å². The molecule has 0 unspecified atom stereocenters. The SMILES string of the molecule is N[C@@H](c1ccccn1)[C@H](NP(=O)(c1ccccc1)c1ccccc1)c1ccc(Cl)c(Cl)c1. The molecule has 0 radical (unpaired) electrons. The van der Waals surface area contributed by atoms with Gasteiger partial charge in [-0.15, -0.1) is 0 Å². The van der Waals surface area contributed by atoms with Crippen LogP contribution < -0.4 is 21.4 Å². The fourth-order valence-corrected chi connectivity index (χ4v) is 6.37. The van der Waals surface area contributed by atoms with Crippen molar-refractivity contribution >= 4 is 41.1 Å². The molecule has 0 fully saturated rings. The maximum absolute atomic E-state index is 14.6. The van der Waals surface area contributed by atoms with Gasteiger partial charge in [0.2, 0.25) is 7.29 Å². The first-order valence-electron chi connectivity index (χ1n) is 10.1. The van der Waals surface area contributed by atoms with Crippen LogP contribution in [0.4, 0.5) is 0 Å². The van der Waals surface area contributed by atoms with Crippen molar-refractivity contribution in [2.24, 2.45) is 5.73 Å². The van der Waals surface area contributed by atoms with Gasteiger partial charge < -0.3 is 5.73 Å². The summed E-state index contributed by atoms with van der Waals surface area (Å²) in [5, 5.41) is 5.62. The van der Waals surface area contributed by atoms with E-state index in [1.807, 2.05) is 84.9 Å². The van der Waals surface area contributed by atoms with Gasteiger partial charge in [-0.3, -0.25) is 14.6 Å². The molecule has 3 N–H and O–H groups in total. The molecule has 0 saturated heterocycles. The number of halogens is 2. The van der Waals surface area contributed by atoms with Crippen molar-refractivity contribution in [2.75, 3.05) is 0 Å². The fourth-order valence-electron chi connectivity index (χ4n) is 3.58. The molecule has 162 valence electrons. The Hall–Kier alpha value is -2.46. The normalized spacial score (nSPS) is 13.5. The summed E-state index contributed by atoms with van der Waals surface area (Å²) < 4.78 is 14.6. The molecule has 0 saturated carbocycles. The number of aromatic nitrogens is 1. The first-order chi connectivity index (χ1) is 15.5. The Balaban J connectivity index is 1.85. The second kappa shape index (κ2) is 9.99. The van der Waals surface area contributed by atoms with Crippen molar-refractivity contribution in [1.29, 1.82) is 0 Å². The molecular weight excluding hydrogens is 460 g/mol. The van der Waals surface area contributed by atoms with Crippen LogP contribution in [0.2, 0.25) is 10.0 Å². The number of nitrogens with two attached hydrogens (primary N) is 1. The third-order valence-corrected chi connectivity index (χ3v) is 8.68. The molecule has 32 heavy (non-hydrogen) atoms. The standard InChI is InChI=1S/C25H22Cl2N3OP/c26-21-15-14-18(17-22(21)27)25(24(28)23-13-7-8-16-29-23)30-32(31,19-9-3-1-4-10-19)20-11-5-2-6-12-20/h1-17,24-25H,28H2,(H,30,31)/t24-,25+/m0/s1. The minimum absolute atomic E-state index is 0.401. The number of hydrogen-bond acceptors (Lipinski definition) is 3. The molecule has 4 rings (SSSR count). The van der Waals surface area contributed by atoms with Gasteiger partial charge in [0.15, 0.2) is 0 Å². The van der Waals surface area contributed by atoms with Gasteiger partial charge in [0, 0.05) is 16.8 Å². The molecule has 0 bridgehead atoms. The van der Waals surface area contributed by atoms with E-state index < -0.39 is 19.4 Å². The number of rotatable bonds is 7. The number of nitrogens with zero attached hydrogens (tertiary/aromatic N) is 1. The Morgan fingerprint density at radius 2 is 1.38 bits per heavy atom. The van der Waals surface area contributed by atoms with Gasteiger partial charge in [-0.2, -0.15) is 0 Å². The Bertz CT molecular complexity index is 1180. The van der Waals surface area contributed by atoms with Gasteiger partial charge in [0.25, 0.3) is 0 Å². The van der Waals surface area contributed by atoms with Crippen molar-refractivity contribution in [3.05, 3.63) is 125 Å². The molecule has 2 atom stereocenters. The second-order valence-corrected chi connectivity index (χ2v) is 10.7. The molecule has 1 heterocycles. The van der Waals surface area contributed by atoms with E-state index in [1.165, 1.54) is 0 Å². The zero-order chi connectivity index (χ0) is 22.6. The third-order valence-electron chi connectivity index (χ3n) is 5.25. The highest BCUT2D eigenvalue weighted by atomic mass is 35.5. The van der Waals surface area contributed by atoms with Crippen LogP contribution in [0, 0.1) is 0 Å². The monoisotopic (exact) mass is 481 g/mol. The molecule has 0 spiro atoms. The van der Waals surface area contributed by atoms with E-state index in [-0.39, 0.29) is 0 Å². The Kier molecular flexibility index (Phi) is 7.10. The average molecular weight is 482 g/mol. The Morgan fingerprint density at radius 1 is 0.781 bits per heavy atom. The van der Waals surface area contributed by atoms with E-state index in [1.54, 1.807) is 18.3 Å².